The van der Waals surface area contributed by atoms with Gasteiger partial charge >= 0.3 is 0 Å². The first-order chi connectivity index (χ1) is 7.65. The van der Waals surface area contributed by atoms with E-state index in [2.05, 4.69) is 12.2 Å². The zero-order valence-electron chi connectivity index (χ0n) is 9.17. The number of nitrogens with one attached hydrogen (secondary N) is 1. The standard InChI is InChI=1S/C12H15ClFNO/c1-8-6-10(4-5-16-8)15-9-2-3-11(13)12(14)7-9/h2-3,7-8,10,15H,4-6H2,1H3. The van der Waals surface area contributed by atoms with Crippen LogP contribution in [0.3, 0.4) is 0 Å². The fourth-order valence-corrected chi connectivity index (χ4v) is 2.07. The van der Waals surface area contributed by atoms with Gasteiger partial charge in [0.15, 0.2) is 0 Å². The first kappa shape index (κ1) is 11.7. The normalized spacial score (nSPS) is 25.4. The Hall–Kier alpha value is -0.800. The van der Waals surface area contributed by atoms with Crippen LogP contribution in [0.5, 0.6) is 0 Å². The molecule has 1 aliphatic rings. The first-order valence-electron chi connectivity index (χ1n) is 5.48. The highest BCUT2D eigenvalue weighted by Crippen LogP contribution is 2.22. The van der Waals surface area contributed by atoms with Gasteiger partial charge in [0, 0.05) is 18.3 Å². The fourth-order valence-electron chi connectivity index (χ4n) is 1.95. The largest absolute Gasteiger partial charge is 0.382 e. The maximum Gasteiger partial charge on any atom is 0.143 e. The van der Waals surface area contributed by atoms with Gasteiger partial charge in [-0.05, 0) is 38.0 Å². The van der Waals surface area contributed by atoms with Gasteiger partial charge in [-0.2, -0.15) is 0 Å². The lowest BCUT2D eigenvalue weighted by molar-refractivity contribution is 0.0232. The molecule has 4 heteroatoms. The Morgan fingerprint density at radius 2 is 2.31 bits per heavy atom. The third-order valence-corrected chi connectivity index (χ3v) is 3.08. The lowest BCUT2D eigenvalue weighted by Gasteiger charge is -2.28. The number of rotatable bonds is 2. The first-order valence-corrected chi connectivity index (χ1v) is 5.86. The Morgan fingerprint density at radius 1 is 1.50 bits per heavy atom. The molecule has 0 spiro atoms. The molecule has 0 saturated carbocycles. The monoisotopic (exact) mass is 243 g/mol. The number of hydrogen-bond acceptors (Lipinski definition) is 2. The van der Waals surface area contributed by atoms with Crippen LogP contribution in [0.4, 0.5) is 10.1 Å². The van der Waals surface area contributed by atoms with Crippen LogP contribution in [0.1, 0.15) is 19.8 Å². The molecule has 0 radical (unpaired) electrons. The van der Waals surface area contributed by atoms with Crippen LogP contribution in [-0.4, -0.2) is 18.8 Å². The Morgan fingerprint density at radius 3 is 3.00 bits per heavy atom. The lowest BCUT2D eigenvalue weighted by atomic mass is 10.0. The van der Waals surface area contributed by atoms with Crippen LogP contribution in [0.25, 0.3) is 0 Å². The highest BCUT2D eigenvalue weighted by Gasteiger charge is 2.19. The molecule has 1 aromatic carbocycles. The summed E-state index contributed by atoms with van der Waals surface area (Å²) in [7, 11) is 0. The lowest BCUT2D eigenvalue weighted by Crippen LogP contribution is -2.32. The zero-order chi connectivity index (χ0) is 11.5. The van der Waals surface area contributed by atoms with Gasteiger partial charge in [-0.3, -0.25) is 0 Å². The Bertz CT molecular complexity index is 372. The van der Waals surface area contributed by atoms with Crippen LogP contribution in [0.2, 0.25) is 5.02 Å². The zero-order valence-corrected chi connectivity index (χ0v) is 9.93. The summed E-state index contributed by atoms with van der Waals surface area (Å²) in [6, 6.07) is 5.15. The summed E-state index contributed by atoms with van der Waals surface area (Å²) in [6.45, 7) is 2.81. The van der Waals surface area contributed by atoms with Gasteiger partial charge in [0.05, 0.1) is 11.1 Å². The number of benzene rings is 1. The second-order valence-electron chi connectivity index (χ2n) is 4.18. The molecule has 2 nitrogen and oxygen atoms in total. The summed E-state index contributed by atoms with van der Waals surface area (Å²) in [5, 5.41) is 3.46. The molecule has 0 aliphatic carbocycles. The van der Waals surface area contributed by atoms with Crippen LogP contribution in [0, 0.1) is 5.82 Å². The number of ether oxygens (including phenoxy) is 1. The van der Waals surface area contributed by atoms with E-state index in [9.17, 15) is 4.39 Å². The van der Waals surface area contributed by atoms with Crippen molar-refractivity contribution in [1.29, 1.82) is 0 Å². The summed E-state index contributed by atoms with van der Waals surface area (Å²) in [5.41, 5.74) is 0.779. The van der Waals surface area contributed by atoms with E-state index in [0.717, 1.165) is 25.1 Å². The van der Waals surface area contributed by atoms with Gasteiger partial charge in [-0.1, -0.05) is 11.6 Å². The molecule has 0 amide bonds. The molecule has 0 aromatic heterocycles. The van der Waals surface area contributed by atoms with Crippen molar-refractivity contribution in [1.82, 2.24) is 0 Å². The second-order valence-corrected chi connectivity index (χ2v) is 4.58. The number of halogens is 2. The number of hydrogen-bond donors (Lipinski definition) is 1. The molecule has 1 aliphatic heterocycles. The Labute approximate surface area is 99.7 Å². The molecule has 2 rings (SSSR count). The molecule has 0 bridgehead atoms. The number of anilines is 1. The highest BCUT2D eigenvalue weighted by molar-refractivity contribution is 6.30. The Kier molecular flexibility index (Phi) is 3.66. The Balaban J connectivity index is 2.00. The van der Waals surface area contributed by atoms with E-state index >= 15 is 0 Å². The predicted octanol–water partition coefficient (Wildman–Crippen LogP) is 3.46. The average molecular weight is 244 g/mol. The maximum absolute atomic E-state index is 13.2. The van der Waals surface area contributed by atoms with Gasteiger partial charge in [0.25, 0.3) is 0 Å². The molecule has 1 aromatic rings. The summed E-state index contributed by atoms with van der Waals surface area (Å²) < 4.78 is 18.7. The molecular formula is C12H15ClFNO. The van der Waals surface area contributed by atoms with E-state index in [0.29, 0.717) is 6.04 Å². The van der Waals surface area contributed by atoms with Crippen molar-refractivity contribution in [2.24, 2.45) is 0 Å². The van der Waals surface area contributed by atoms with Crippen molar-refractivity contribution in [2.75, 3.05) is 11.9 Å². The minimum absolute atomic E-state index is 0.158. The summed E-state index contributed by atoms with van der Waals surface area (Å²) in [5.74, 6) is -0.383. The predicted molar refractivity (Wildman–Crippen MR) is 63.5 cm³/mol. The van der Waals surface area contributed by atoms with Crippen molar-refractivity contribution in [3.05, 3.63) is 29.0 Å². The third-order valence-electron chi connectivity index (χ3n) is 2.78. The van der Waals surface area contributed by atoms with E-state index in [1.54, 1.807) is 12.1 Å². The van der Waals surface area contributed by atoms with E-state index in [4.69, 9.17) is 16.3 Å². The summed E-state index contributed by atoms with van der Waals surface area (Å²) >= 11 is 5.62. The molecular weight excluding hydrogens is 229 g/mol. The molecule has 16 heavy (non-hydrogen) atoms. The van der Waals surface area contributed by atoms with E-state index < -0.39 is 0 Å². The van der Waals surface area contributed by atoms with Gasteiger partial charge in [0.1, 0.15) is 5.82 Å². The SMILES string of the molecule is CC1CC(Nc2ccc(Cl)c(F)c2)CCO1. The van der Waals surface area contributed by atoms with Crippen molar-refractivity contribution in [3.8, 4) is 0 Å². The highest BCUT2D eigenvalue weighted by atomic mass is 35.5. The van der Waals surface area contributed by atoms with Crippen LogP contribution >= 0.6 is 11.6 Å². The molecule has 2 unspecified atom stereocenters. The van der Waals surface area contributed by atoms with Crippen molar-refractivity contribution < 1.29 is 9.13 Å². The molecule has 1 heterocycles. The minimum atomic E-state index is -0.383. The second kappa shape index (κ2) is 5.02. The molecule has 1 fully saturated rings. The van der Waals surface area contributed by atoms with E-state index in [1.807, 2.05) is 0 Å². The summed E-state index contributed by atoms with van der Waals surface area (Å²) in [4.78, 5) is 0. The van der Waals surface area contributed by atoms with Gasteiger partial charge in [-0.15, -0.1) is 0 Å². The topological polar surface area (TPSA) is 21.3 Å². The van der Waals surface area contributed by atoms with Crippen LogP contribution in [0.15, 0.2) is 18.2 Å². The molecule has 1 N–H and O–H groups in total. The van der Waals surface area contributed by atoms with E-state index in [-0.39, 0.29) is 16.9 Å². The fraction of sp³-hybridized carbons (Fsp3) is 0.500. The minimum Gasteiger partial charge on any atom is -0.382 e. The maximum atomic E-state index is 13.2. The van der Waals surface area contributed by atoms with Gasteiger partial charge in [0.2, 0.25) is 0 Å². The van der Waals surface area contributed by atoms with E-state index in [1.165, 1.54) is 6.07 Å². The van der Waals surface area contributed by atoms with Crippen LogP contribution < -0.4 is 5.32 Å². The molecule has 2 atom stereocenters. The average Bonchev–Trinajstić information content (AvgIpc) is 2.24. The molecule has 1 saturated heterocycles. The van der Waals surface area contributed by atoms with Crippen molar-refractivity contribution in [3.63, 3.8) is 0 Å². The van der Waals surface area contributed by atoms with Crippen molar-refractivity contribution >= 4 is 17.3 Å². The van der Waals surface area contributed by atoms with Gasteiger partial charge < -0.3 is 10.1 Å². The quantitative estimate of drug-likeness (QED) is 0.859. The van der Waals surface area contributed by atoms with Gasteiger partial charge in [-0.25, -0.2) is 4.39 Å². The summed E-state index contributed by atoms with van der Waals surface area (Å²) in [6.07, 6.45) is 2.17. The van der Waals surface area contributed by atoms with Crippen molar-refractivity contribution in [2.45, 2.75) is 31.9 Å². The molecule has 88 valence electrons. The third kappa shape index (κ3) is 2.86. The van der Waals surface area contributed by atoms with Crippen LogP contribution in [-0.2, 0) is 4.74 Å². The smallest absolute Gasteiger partial charge is 0.143 e.